The number of hydrogen-bond acceptors (Lipinski definition) is 4. The van der Waals surface area contributed by atoms with E-state index in [1.165, 1.54) is 19.1 Å². The lowest BCUT2D eigenvalue weighted by Gasteiger charge is -2.31. The Bertz CT molecular complexity index is 1300. The third-order valence-corrected chi connectivity index (χ3v) is 6.72. The third kappa shape index (κ3) is 6.16. The summed E-state index contributed by atoms with van der Waals surface area (Å²) in [4.78, 5) is 28.1. The first-order valence-electron chi connectivity index (χ1n) is 11.8. The molecule has 1 aliphatic carbocycles. The van der Waals surface area contributed by atoms with Crippen molar-refractivity contribution < 1.29 is 22.8 Å². The van der Waals surface area contributed by atoms with Crippen LogP contribution in [0, 0.1) is 6.92 Å². The zero-order chi connectivity index (χ0) is 26.0. The Morgan fingerprint density at radius 1 is 1.03 bits per heavy atom. The van der Waals surface area contributed by atoms with Crippen LogP contribution < -0.4 is 10.6 Å². The molecular weight excluding hydrogens is 491 g/mol. The van der Waals surface area contributed by atoms with Crippen molar-refractivity contribution in [2.75, 3.05) is 5.32 Å². The fraction of sp³-hybridized carbons (Fsp3) is 0.370. The van der Waals surface area contributed by atoms with Crippen LogP contribution in [0.1, 0.15) is 59.8 Å². The minimum Gasteiger partial charge on any atom is -0.382 e. The quantitative estimate of drug-likeness (QED) is 0.391. The number of aromatic nitrogens is 1. The van der Waals surface area contributed by atoms with Crippen LogP contribution in [0.5, 0.6) is 0 Å². The van der Waals surface area contributed by atoms with E-state index in [0.29, 0.717) is 47.3 Å². The molecule has 0 bridgehead atoms. The second kappa shape index (κ2) is 10.5. The van der Waals surface area contributed by atoms with E-state index < -0.39 is 11.9 Å². The first-order valence-corrected chi connectivity index (χ1v) is 12.2. The molecule has 0 radical (unpaired) electrons. The molecule has 0 saturated heterocycles. The standard InChI is InChI=1S/C27H27ClF3N3O2/c1-15-3-4-17(11-16(2)35)12-21(15)26(36)33-20-8-6-19(7-9-20)32-24-14-25(27(29,30)31)34-23-10-5-18(28)13-22(23)24/h3-5,10,12-14,19-20H,6-9,11H2,1-2H3,(H,32,34)(H,33,36). The third-order valence-electron chi connectivity index (χ3n) is 6.48. The highest BCUT2D eigenvalue weighted by Crippen LogP contribution is 2.35. The van der Waals surface area contributed by atoms with Crippen LogP contribution >= 0.6 is 11.6 Å². The number of Topliss-reactive ketones (excluding diaryl/α,β-unsaturated/α-hetero) is 1. The molecule has 2 N–H and O–H groups in total. The molecule has 5 nitrogen and oxygen atoms in total. The summed E-state index contributed by atoms with van der Waals surface area (Å²) in [5, 5.41) is 7.29. The number of amides is 1. The molecule has 1 heterocycles. The molecule has 4 rings (SSSR count). The highest BCUT2D eigenvalue weighted by atomic mass is 35.5. The summed E-state index contributed by atoms with van der Waals surface area (Å²) in [6, 6.07) is 11.0. The predicted octanol–water partition coefficient (Wildman–Crippen LogP) is 6.50. The number of pyridine rings is 1. The number of carbonyl (C=O) groups is 2. The summed E-state index contributed by atoms with van der Waals surface area (Å²) < 4.78 is 40.2. The van der Waals surface area contributed by atoms with Crippen molar-refractivity contribution in [3.05, 3.63) is 69.9 Å². The van der Waals surface area contributed by atoms with Gasteiger partial charge in [-0.15, -0.1) is 0 Å². The normalized spacial score (nSPS) is 18.2. The van der Waals surface area contributed by atoms with Crippen molar-refractivity contribution in [2.45, 2.75) is 64.2 Å². The minimum absolute atomic E-state index is 0.0302. The van der Waals surface area contributed by atoms with E-state index in [1.54, 1.807) is 12.1 Å². The number of anilines is 1. The van der Waals surface area contributed by atoms with Gasteiger partial charge >= 0.3 is 6.18 Å². The molecule has 0 spiro atoms. The number of aryl methyl sites for hydroxylation is 1. The number of hydrogen-bond donors (Lipinski definition) is 2. The summed E-state index contributed by atoms with van der Waals surface area (Å²) in [6.07, 6.45) is -1.55. The number of alkyl halides is 3. The van der Waals surface area contributed by atoms with Gasteiger partial charge in [0.25, 0.3) is 5.91 Å². The molecule has 3 aromatic rings. The lowest BCUT2D eigenvalue weighted by atomic mass is 9.90. The van der Waals surface area contributed by atoms with Gasteiger partial charge in [-0.2, -0.15) is 13.2 Å². The van der Waals surface area contributed by atoms with E-state index in [0.717, 1.165) is 17.2 Å². The average Bonchev–Trinajstić information content (AvgIpc) is 2.80. The number of nitrogens with one attached hydrogen (secondary N) is 2. The maximum Gasteiger partial charge on any atom is 0.433 e. The Morgan fingerprint density at radius 2 is 1.72 bits per heavy atom. The van der Waals surface area contributed by atoms with Crippen molar-refractivity contribution in [1.29, 1.82) is 0 Å². The number of rotatable bonds is 6. The number of halogens is 4. The monoisotopic (exact) mass is 517 g/mol. The number of benzene rings is 2. The summed E-state index contributed by atoms with van der Waals surface area (Å²) in [5.41, 5.74) is 1.80. The molecule has 9 heteroatoms. The van der Waals surface area contributed by atoms with Crippen molar-refractivity contribution >= 4 is 39.9 Å². The van der Waals surface area contributed by atoms with Gasteiger partial charge < -0.3 is 10.6 Å². The van der Waals surface area contributed by atoms with E-state index in [9.17, 15) is 22.8 Å². The van der Waals surface area contributed by atoms with Gasteiger partial charge in [0.05, 0.1) is 5.52 Å². The first kappa shape index (κ1) is 25.9. The molecule has 0 unspecified atom stereocenters. The van der Waals surface area contributed by atoms with Gasteiger partial charge in [-0.05, 0) is 81.0 Å². The molecule has 1 saturated carbocycles. The smallest absolute Gasteiger partial charge is 0.382 e. The summed E-state index contributed by atoms with van der Waals surface area (Å²) >= 11 is 6.09. The van der Waals surface area contributed by atoms with E-state index in [1.807, 2.05) is 19.1 Å². The molecule has 190 valence electrons. The second-order valence-corrected chi connectivity index (χ2v) is 9.85. The lowest BCUT2D eigenvalue weighted by molar-refractivity contribution is -0.140. The number of nitrogens with zero attached hydrogens (tertiary/aromatic N) is 1. The minimum atomic E-state index is -4.56. The maximum absolute atomic E-state index is 13.4. The number of ketones is 1. The molecule has 0 atom stereocenters. The van der Waals surface area contributed by atoms with Crippen LogP contribution in [0.15, 0.2) is 42.5 Å². The van der Waals surface area contributed by atoms with Crippen LogP contribution in [-0.4, -0.2) is 28.8 Å². The van der Waals surface area contributed by atoms with Gasteiger partial charge in [0.1, 0.15) is 11.5 Å². The van der Waals surface area contributed by atoms with Crippen LogP contribution in [0.4, 0.5) is 18.9 Å². The fourth-order valence-corrected chi connectivity index (χ4v) is 4.81. The fourth-order valence-electron chi connectivity index (χ4n) is 4.64. The first-order chi connectivity index (χ1) is 17.0. The number of carbonyl (C=O) groups excluding carboxylic acids is 2. The lowest BCUT2D eigenvalue weighted by Crippen LogP contribution is -2.40. The van der Waals surface area contributed by atoms with E-state index in [4.69, 9.17) is 11.6 Å². The molecular formula is C27H27ClF3N3O2. The van der Waals surface area contributed by atoms with Gasteiger partial charge in [0, 0.05) is 40.2 Å². The SMILES string of the molecule is CC(=O)Cc1ccc(C)c(C(=O)NC2CCC(Nc3cc(C(F)(F)F)nc4ccc(Cl)cc34)CC2)c1. The van der Waals surface area contributed by atoms with Gasteiger partial charge in [-0.1, -0.05) is 23.7 Å². The zero-order valence-corrected chi connectivity index (χ0v) is 20.8. The largest absolute Gasteiger partial charge is 0.433 e. The topological polar surface area (TPSA) is 71.1 Å². The maximum atomic E-state index is 13.4. The molecule has 0 aliphatic heterocycles. The Labute approximate surface area is 212 Å². The molecule has 36 heavy (non-hydrogen) atoms. The summed E-state index contributed by atoms with van der Waals surface area (Å²) in [6.45, 7) is 3.37. The summed E-state index contributed by atoms with van der Waals surface area (Å²) in [5.74, 6) is -0.151. The zero-order valence-electron chi connectivity index (χ0n) is 20.0. The highest BCUT2D eigenvalue weighted by Gasteiger charge is 2.34. The Hall–Kier alpha value is -3.13. The van der Waals surface area contributed by atoms with E-state index in [-0.39, 0.29) is 35.7 Å². The number of fused-ring (bicyclic) bond motifs is 1. The van der Waals surface area contributed by atoms with E-state index in [2.05, 4.69) is 15.6 Å². The van der Waals surface area contributed by atoms with Crippen LogP contribution in [-0.2, 0) is 17.4 Å². The Balaban J connectivity index is 1.43. The Kier molecular flexibility index (Phi) is 7.54. The highest BCUT2D eigenvalue weighted by molar-refractivity contribution is 6.31. The average molecular weight is 518 g/mol. The van der Waals surface area contributed by atoms with Crippen molar-refractivity contribution in [3.63, 3.8) is 0 Å². The van der Waals surface area contributed by atoms with Crippen LogP contribution in [0.3, 0.4) is 0 Å². The van der Waals surface area contributed by atoms with E-state index >= 15 is 0 Å². The van der Waals surface area contributed by atoms with Gasteiger partial charge in [0.15, 0.2) is 0 Å². The van der Waals surface area contributed by atoms with Gasteiger partial charge in [-0.3, -0.25) is 9.59 Å². The van der Waals surface area contributed by atoms with Crippen LogP contribution in [0.25, 0.3) is 10.9 Å². The molecule has 2 aromatic carbocycles. The molecule has 1 aromatic heterocycles. The van der Waals surface area contributed by atoms with Crippen LogP contribution in [0.2, 0.25) is 5.02 Å². The van der Waals surface area contributed by atoms with Crippen molar-refractivity contribution in [1.82, 2.24) is 10.3 Å². The van der Waals surface area contributed by atoms with Gasteiger partial charge in [0.2, 0.25) is 0 Å². The molecule has 1 fully saturated rings. The summed E-state index contributed by atoms with van der Waals surface area (Å²) in [7, 11) is 0. The molecule has 1 amide bonds. The van der Waals surface area contributed by atoms with Crippen molar-refractivity contribution in [2.24, 2.45) is 0 Å². The van der Waals surface area contributed by atoms with Crippen molar-refractivity contribution in [3.8, 4) is 0 Å². The molecule has 1 aliphatic rings. The Morgan fingerprint density at radius 3 is 2.39 bits per heavy atom. The second-order valence-electron chi connectivity index (χ2n) is 9.41. The van der Waals surface area contributed by atoms with Gasteiger partial charge in [-0.25, -0.2) is 4.98 Å². The predicted molar refractivity (Wildman–Crippen MR) is 134 cm³/mol.